The summed E-state index contributed by atoms with van der Waals surface area (Å²) in [7, 11) is 0. The van der Waals surface area contributed by atoms with Crippen LogP contribution in [-0.2, 0) is 9.53 Å². The van der Waals surface area contributed by atoms with E-state index < -0.39 is 18.5 Å². The van der Waals surface area contributed by atoms with Crippen LogP contribution in [0.25, 0.3) is 5.69 Å². The van der Waals surface area contributed by atoms with Gasteiger partial charge in [0.1, 0.15) is 0 Å². The fourth-order valence-corrected chi connectivity index (χ4v) is 3.17. The average Bonchev–Trinajstić information content (AvgIpc) is 2.95. The summed E-state index contributed by atoms with van der Waals surface area (Å²) >= 11 is 11.8. The zero-order chi connectivity index (χ0) is 20.3. The van der Waals surface area contributed by atoms with E-state index in [1.807, 2.05) is 37.3 Å². The predicted octanol–water partition coefficient (Wildman–Crippen LogP) is 4.59. The second-order valence-corrected chi connectivity index (χ2v) is 6.89. The van der Waals surface area contributed by atoms with E-state index >= 15 is 0 Å². The van der Waals surface area contributed by atoms with E-state index in [1.165, 1.54) is 18.2 Å². The number of para-hydroxylation sites is 1. The van der Waals surface area contributed by atoms with Gasteiger partial charge in [-0.1, -0.05) is 41.4 Å². The first-order chi connectivity index (χ1) is 13.4. The first-order valence-corrected chi connectivity index (χ1v) is 9.16. The van der Waals surface area contributed by atoms with Gasteiger partial charge in [0.15, 0.2) is 6.61 Å². The molecule has 144 valence electrons. The van der Waals surface area contributed by atoms with Crippen LogP contribution in [-0.4, -0.2) is 28.3 Å². The molecule has 0 saturated carbocycles. The number of nitrogens with one attached hydrogen (secondary N) is 1. The molecule has 1 amide bonds. The molecule has 0 spiro atoms. The number of hydrogen-bond acceptors (Lipinski definition) is 4. The molecule has 0 atom stereocenters. The molecule has 0 aliphatic carbocycles. The second kappa shape index (κ2) is 8.46. The van der Waals surface area contributed by atoms with Crippen LogP contribution in [0.15, 0.2) is 48.5 Å². The van der Waals surface area contributed by atoms with Crippen molar-refractivity contribution in [1.82, 2.24) is 9.78 Å². The third-order valence-corrected chi connectivity index (χ3v) is 4.59. The Bertz CT molecular complexity index is 1030. The molecule has 1 heterocycles. The molecule has 1 aromatic heterocycles. The van der Waals surface area contributed by atoms with Crippen LogP contribution in [0.2, 0.25) is 10.0 Å². The lowest BCUT2D eigenvalue weighted by Gasteiger charge is -2.08. The van der Waals surface area contributed by atoms with Crippen LogP contribution < -0.4 is 5.32 Å². The summed E-state index contributed by atoms with van der Waals surface area (Å²) in [5.41, 5.74) is 3.02. The molecule has 0 unspecified atom stereocenters. The number of amides is 1. The summed E-state index contributed by atoms with van der Waals surface area (Å²) in [5, 5.41) is 7.77. The number of anilines is 1. The number of nitrogens with zero attached hydrogens (tertiary/aromatic N) is 2. The van der Waals surface area contributed by atoms with Crippen molar-refractivity contribution in [3.63, 3.8) is 0 Å². The smallest absolute Gasteiger partial charge is 0.340 e. The third-order valence-electron chi connectivity index (χ3n) is 4.04. The highest BCUT2D eigenvalue weighted by molar-refractivity contribution is 6.36. The first-order valence-electron chi connectivity index (χ1n) is 8.40. The van der Waals surface area contributed by atoms with E-state index in [0.717, 1.165) is 11.4 Å². The van der Waals surface area contributed by atoms with E-state index in [-0.39, 0.29) is 10.6 Å². The molecule has 3 aromatic rings. The van der Waals surface area contributed by atoms with Gasteiger partial charge >= 0.3 is 5.97 Å². The summed E-state index contributed by atoms with van der Waals surface area (Å²) in [6.07, 6.45) is 0. The Hall–Kier alpha value is -2.83. The van der Waals surface area contributed by atoms with Crippen LogP contribution in [0.4, 0.5) is 5.69 Å². The Morgan fingerprint density at radius 3 is 2.50 bits per heavy atom. The molecule has 1 N–H and O–H groups in total. The van der Waals surface area contributed by atoms with E-state index in [9.17, 15) is 9.59 Å². The van der Waals surface area contributed by atoms with Crippen LogP contribution in [0, 0.1) is 13.8 Å². The summed E-state index contributed by atoms with van der Waals surface area (Å²) in [6, 6.07) is 14.0. The molecule has 6 nitrogen and oxygen atoms in total. The van der Waals surface area contributed by atoms with Gasteiger partial charge in [-0.3, -0.25) is 4.79 Å². The molecule has 3 rings (SSSR count). The van der Waals surface area contributed by atoms with Crippen LogP contribution in [0.3, 0.4) is 0 Å². The van der Waals surface area contributed by atoms with Gasteiger partial charge in [0.2, 0.25) is 0 Å². The Kier molecular flexibility index (Phi) is 6.02. The van der Waals surface area contributed by atoms with Crippen molar-refractivity contribution < 1.29 is 14.3 Å². The van der Waals surface area contributed by atoms with Crippen LogP contribution >= 0.6 is 23.2 Å². The summed E-state index contributed by atoms with van der Waals surface area (Å²) < 4.78 is 6.79. The zero-order valence-electron chi connectivity index (χ0n) is 15.2. The van der Waals surface area contributed by atoms with E-state index in [2.05, 4.69) is 10.4 Å². The maximum atomic E-state index is 12.3. The molecular weight excluding hydrogens is 401 g/mol. The highest BCUT2D eigenvalue weighted by Crippen LogP contribution is 2.23. The molecule has 0 bridgehead atoms. The minimum atomic E-state index is -0.703. The molecule has 0 saturated heterocycles. The maximum Gasteiger partial charge on any atom is 0.340 e. The van der Waals surface area contributed by atoms with Crippen molar-refractivity contribution in [3.8, 4) is 5.69 Å². The third kappa shape index (κ3) is 4.35. The predicted molar refractivity (Wildman–Crippen MR) is 108 cm³/mol. The standard InChI is InChI=1S/C20H17Cl2N3O3/c1-12-19(13(2)25(24-12)15-6-4-3-5-7-15)23-18(26)11-28-20(27)16-9-8-14(21)10-17(16)22/h3-10H,11H2,1-2H3,(H,23,26). The van der Waals surface area contributed by atoms with E-state index in [1.54, 1.807) is 11.6 Å². The van der Waals surface area contributed by atoms with Crippen molar-refractivity contribution in [1.29, 1.82) is 0 Å². The summed E-state index contributed by atoms with van der Waals surface area (Å²) in [4.78, 5) is 24.4. The number of halogens is 2. The highest BCUT2D eigenvalue weighted by atomic mass is 35.5. The Morgan fingerprint density at radius 2 is 1.82 bits per heavy atom. The molecule has 2 aromatic carbocycles. The molecule has 0 aliphatic rings. The monoisotopic (exact) mass is 417 g/mol. The van der Waals surface area contributed by atoms with E-state index in [0.29, 0.717) is 16.4 Å². The van der Waals surface area contributed by atoms with Crippen molar-refractivity contribution in [2.45, 2.75) is 13.8 Å². The van der Waals surface area contributed by atoms with Crippen molar-refractivity contribution in [3.05, 3.63) is 75.5 Å². The molecular formula is C20H17Cl2N3O3. The molecule has 0 aliphatic heterocycles. The SMILES string of the molecule is Cc1nn(-c2ccccc2)c(C)c1NC(=O)COC(=O)c1ccc(Cl)cc1Cl. The van der Waals surface area contributed by atoms with Gasteiger partial charge in [-0.05, 0) is 44.2 Å². The number of aryl methyl sites for hydroxylation is 1. The van der Waals surface area contributed by atoms with Gasteiger partial charge in [0.05, 0.1) is 33.3 Å². The first kappa shape index (κ1) is 19.9. The lowest BCUT2D eigenvalue weighted by Crippen LogP contribution is -2.21. The lowest BCUT2D eigenvalue weighted by atomic mass is 10.2. The number of carbonyl (C=O) groups excluding carboxylic acids is 2. The van der Waals surface area contributed by atoms with Crippen LogP contribution in [0.1, 0.15) is 21.7 Å². The number of benzene rings is 2. The quantitative estimate of drug-likeness (QED) is 0.615. The van der Waals surface area contributed by atoms with Gasteiger partial charge < -0.3 is 10.1 Å². The van der Waals surface area contributed by atoms with E-state index in [4.69, 9.17) is 27.9 Å². The number of hydrogen-bond donors (Lipinski definition) is 1. The van der Waals surface area contributed by atoms with Crippen molar-refractivity contribution >= 4 is 40.8 Å². The largest absolute Gasteiger partial charge is 0.452 e. The van der Waals surface area contributed by atoms with Gasteiger partial charge in [0, 0.05) is 5.02 Å². The van der Waals surface area contributed by atoms with Crippen molar-refractivity contribution in [2.75, 3.05) is 11.9 Å². The highest BCUT2D eigenvalue weighted by Gasteiger charge is 2.18. The maximum absolute atomic E-state index is 12.3. The number of rotatable bonds is 5. The fourth-order valence-electron chi connectivity index (χ4n) is 2.68. The Labute approximate surface area is 172 Å². The number of esters is 1. The summed E-state index contributed by atoms with van der Waals surface area (Å²) in [5.74, 6) is -1.18. The van der Waals surface area contributed by atoms with Crippen molar-refractivity contribution in [2.24, 2.45) is 0 Å². The molecule has 0 radical (unpaired) electrons. The number of aromatic nitrogens is 2. The van der Waals surface area contributed by atoms with Gasteiger partial charge in [-0.15, -0.1) is 0 Å². The average molecular weight is 418 g/mol. The number of ether oxygens (including phenoxy) is 1. The minimum absolute atomic E-state index is 0.142. The van der Waals surface area contributed by atoms with Gasteiger partial charge in [-0.2, -0.15) is 5.10 Å². The topological polar surface area (TPSA) is 73.2 Å². The molecule has 0 fully saturated rings. The summed E-state index contributed by atoms with van der Waals surface area (Å²) in [6.45, 7) is 3.19. The normalized spacial score (nSPS) is 10.6. The Balaban J connectivity index is 1.67. The van der Waals surface area contributed by atoms with Gasteiger partial charge in [-0.25, -0.2) is 9.48 Å². The second-order valence-electron chi connectivity index (χ2n) is 6.04. The fraction of sp³-hybridized carbons (Fsp3) is 0.150. The minimum Gasteiger partial charge on any atom is -0.452 e. The van der Waals surface area contributed by atoms with Gasteiger partial charge in [0.25, 0.3) is 5.91 Å². The molecule has 28 heavy (non-hydrogen) atoms. The number of carbonyl (C=O) groups is 2. The lowest BCUT2D eigenvalue weighted by molar-refractivity contribution is -0.119. The van der Waals surface area contributed by atoms with Crippen LogP contribution in [0.5, 0.6) is 0 Å². The Morgan fingerprint density at radius 1 is 1.11 bits per heavy atom. The molecule has 8 heteroatoms. The zero-order valence-corrected chi connectivity index (χ0v) is 16.7.